The van der Waals surface area contributed by atoms with E-state index in [-0.39, 0.29) is 11.3 Å². The number of fused-ring (bicyclic) bond motifs is 1. The molecule has 1 aliphatic heterocycles. The summed E-state index contributed by atoms with van der Waals surface area (Å²) >= 11 is 1.38. The molecule has 3 aromatic carbocycles. The van der Waals surface area contributed by atoms with Gasteiger partial charge in [-0.25, -0.2) is 4.98 Å². The van der Waals surface area contributed by atoms with E-state index in [9.17, 15) is 14.7 Å². The van der Waals surface area contributed by atoms with Crippen LogP contribution in [0, 0.1) is 20.8 Å². The molecule has 0 spiro atoms. The minimum atomic E-state index is -0.774. The second kappa shape index (κ2) is 8.78. The number of carbonyl (C=O) groups excluding carboxylic acids is 2. The summed E-state index contributed by atoms with van der Waals surface area (Å²) in [4.78, 5) is 33.0. The normalized spacial score (nSPS) is 17.5. The van der Waals surface area contributed by atoms with Crippen LogP contribution in [0.5, 0.6) is 0 Å². The van der Waals surface area contributed by atoms with Gasteiger partial charge in [-0.3, -0.25) is 14.5 Å². The number of rotatable bonds is 4. The molecular weight excluding hydrogens is 456 g/mol. The van der Waals surface area contributed by atoms with Gasteiger partial charge >= 0.3 is 5.91 Å². The number of amides is 1. The number of anilines is 1. The Morgan fingerprint density at radius 1 is 0.971 bits per heavy atom. The Kier molecular flexibility index (Phi) is 5.77. The van der Waals surface area contributed by atoms with E-state index in [0.717, 1.165) is 44.5 Å². The first-order valence-corrected chi connectivity index (χ1v) is 12.4. The lowest BCUT2D eigenvalue weighted by Crippen LogP contribution is -2.29. The lowest BCUT2D eigenvalue weighted by molar-refractivity contribution is -0.132. The van der Waals surface area contributed by atoms with E-state index in [1.807, 2.05) is 63.2 Å². The number of aliphatic hydroxyl groups is 1. The van der Waals surface area contributed by atoms with Crippen LogP contribution in [0.2, 0.25) is 0 Å². The van der Waals surface area contributed by atoms with Crippen LogP contribution in [0.4, 0.5) is 5.13 Å². The highest BCUT2D eigenvalue weighted by molar-refractivity contribution is 7.22. The maximum atomic E-state index is 13.4. The number of benzene rings is 3. The van der Waals surface area contributed by atoms with E-state index in [2.05, 4.69) is 13.0 Å². The lowest BCUT2D eigenvalue weighted by Gasteiger charge is -2.23. The van der Waals surface area contributed by atoms with E-state index >= 15 is 0 Å². The predicted molar refractivity (Wildman–Crippen MR) is 141 cm³/mol. The molecule has 35 heavy (non-hydrogen) atoms. The molecule has 5 nitrogen and oxygen atoms in total. The van der Waals surface area contributed by atoms with E-state index in [4.69, 9.17) is 4.98 Å². The molecule has 1 aromatic heterocycles. The lowest BCUT2D eigenvalue weighted by atomic mass is 9.94. The van der Waals surface area contributed by atoms with Gasteiger partial charge in [0.15, 0.2) is 5.13 Å². The second-order valence-corrected chi connectivity index (χ2v) is 10.1. The molecule has 1 atom stereocenters. The number of Topliss-reactive ketones (excluding diaryl/α,β-unsaturated/α-hetero) is 1. The predicted octanol–water partition coefficient (Wildman–Crippen LogP) is 6.41. The maximum absolute atomic E-state index is 13.4. The Balaban J connectivity index is 1.73. The number of nitrogens with zero attached hydrogens (tertiary/aromatic N) is 2. The first-order valence-electron chi connectivity index (χ1n) is 11.6. The molecule has 1 amide bonds. The minimum Gasteiger partial charge on any atom is -0.507 e. The molecule has 176 valence electrons. The molecule has 1 unspecified atom stereocenters. The highest BCUT2D eigenvalue weighted by Gasteiger charge is 2.48. The fourth-order valence-corrected chi connectivity index (χ4v) is 5.78. The molecule has 1 N–H and O–H groups in total. The number of aromatic nitrogens is 1. The van der Waals surface area contributed by atoms with Crippen LogP contribution >= 0.6 is 11.3 Å². The van der Waals surface area contributed by atoms with Crippen LogP contribution in [0.1, 0.15) is 46.3 Å². The first-order chi connectivity index (χ1) is 16.8. The third-order valence-corrected chi connectivity index (χ3v) is 7.50. The molecule has 4 aromatic rings. The van der Waals surface area contributed by atoms with Gasteiger partial charge in [-0.15, -0.1) is 0 Å². The van der Waals surface area contributed by atoms with Gasteiger partial charge in [-0.1, -0.05) is 78.4 Å². The fourth-order valence-electron chi connectivity index (χ4n) is 4.61. The highest BCUT2D eigenvalue weighted by atomic mass is 32.1. The molecule has 0 aliphatic carbocycles. The van der Waals surface area contributed by atoms with Crippen LogP contribution in [0.25, 0.3) is 16.0 Å². The SMILES string of the molecule is CCc1ccc(C2C(=C(O)c3ccc(C)cc3)C(=O)C(=O)N2c2nc3c(C)cc(C)cc3s2)cc1. The highest BCUT2D eigenvalue weighted by Crippen LogP contribution is 2.44. The van der Waals surface area contributed by atoms with Crippen LogP contribution in [0.15, 0.2) is 66.2 Å². The van der Waals surface area contributed by atoms with E-state index in [1.54, 1.807) is 12.1 Å². The van der Waals surface area contributed by atoms with Crippen molar-refractivity contribution in [2.24, 2.45) is 0 Å². The Labute approximate surface area is 208 Å². The van der Waals surface area contributed by atoms with E-state index in [1.165, 1.54) is 16.2 Å². The summed E-state index contributed by atoms with van der Waals surface area (Å²) in [6.07, 6.45) is 0.875. The van der Waals surface area contributed by atoms with Gasteiger partial charge in [-0.05, 0) is 55.5 Å². The molecule has 2 heterocycles. The molecule has 1 aliphatic rings. The van der Waals surface area contributed by atoms with Crippen molar-refractivity contribution in [3.05, 3.63) is 99.6 Å². The van der Waals surface area contributed by atoms with E-state index in [0.29, 0.717) is 10.7 Å². The van der Waals surface area contributed by atoms with Crippen molar-refractivity contribution in [3.63, 3.8) is 0 Å². The van der Waals surface area contributed by atoms with Gasteiger partial charge < -0.3 is 5.11 Å². The zero-order chi connectivity index (χ0) is 24.9. The quantitative estimate of drug-likeness (QED) is 0.207. The summed E-state index contributed by atoms with van der Waals surface area (Å²) in [6.45, 7) is 8.04. The maximum Gasteiger partial charge on any atom is 0.301 e. The average molecular weight is 483 g/mol. The monoisotopic (exact) mass is 482 g/mol. The molecule has 6 heteroatoms. The fraction of sp³-hybridized carbons (Fsp3) is 0.207. The van der Waals surface area contributed by atoms with Crippen molar-refractivity contribution in [3.8, 4) is 0 Å². The standard InChI is InChI=1S/C29H26N2O3S/c1-5-19-8-12-20(13-9-19)25-23(26(32)21-10-6-16(2)7-11-21)27(33)28(34)31(25)29-30-24-18(4)14-17(3)15-22(24)35-29/h6-15,25,32H,5H2,1-4H3. The first kappa shape index (κ1) is 23.0. The van der Waals surface area contributed by atoms with Crippen LogP contribution in [-0.4, -0.2) is 21.8 Å². The average Bonchev–Trinajstić information content (AvgIpc) is 3.38. The number of hydrogen-bond donors (Lipinski definition) is 1. The zero-order valence-electron chi connectivity index (χ0n) is 20.1. The van der Waals surface area contributed by atoms with Gasteiger partial charge in [0.05, 0.1) is 21.8 Å². The Morgan fingerprint density at radius 2 is 1.66 bits per heavy atom. The second-order valence-electron chi connectivity index (χ2n) is 9.06. The summed E-state index contributed by atoms with van der Waals surface area (Å²) in [5.41, 5.74) is 6.46. The Bertz CT molecular complexity index is 1500. The molecule has 1 fully saturated rings. The summed E-state index contributed by atoms with van der Waals surface area (Å²) in [6, 6.07) is 18.4. The summed E-state index contributed by atoms with van der Waals surface area (Å²) < 4.78 is 0.956. The molecule has 0 radical (unpaired) electrons. The van der Waals surface area contributed by atoms with Crippen LogP contribution < -0.4 is 4.90 Å². The largest absolute Gasteiger partial charge is 0.507 e. The number of aryl methyl sites for hydroxylation is 4. The third-order valence-electron chi connectivity index (χ3n) is 6.50. The van der Waals surface area contributed by atoms with Crippen molar-refractivity contribution in [1.82, 2.24) is 4.98 Å². The molecule has 0 saturated carbocycles. The number of carbonyl (C=O) groups is 2. The smallest absolute Gasteiger partial charge is 0.301 e. The Morgan fingerprint density at radius 3 is 2.31 bits per heavy atom. The topological polar surface area (TPSA) is 70.5 Å². The van der Waals surface area contributed by atoms with Crippen LogP contribution in [-0.2, 0) is 16.0 Å². The van der Waals surface area contributed by atoms with Crippen molar-refractivity contribution in [1.29, 1.82) is 0 Å². The number of aliphatic hydroxyl groups excluding tert-OH is 1. The van der Waals surface area contributed by atoms with E-state index < -0.39 is 17.7 Å². The number of thiazole rings is 1. The summed E-state index contributed by atoms with van der Waals surface area (Å²) in [7, 11) is 0. The van der Waals surface area contributed by atoms with Gasteiger partial charge in [0.25, 0.3) is 5.78 Å². The summed E-state index contributed by atoms with van der Waals surface area (Å²) in [5.74, 6) is -1.57. The minimum absolute atomic E-state index is 0.0789. The summed E-state index contributed by atoms with van der Waals surface area (Å²) in [5, 5.41) is 11.7. The van der Waals surface area contributed by atoms with Crippen molar-refractivity contribution in [2.45, 2.75) is 40.2 Å². The number of ketones is 1. The van der Waals surface area contributed by atoms with Crippen molar-refractivity contribution in [2.75, 3.05) is 4.90 Å². The van der Waals surface area contributed by atoms with Crippen LogP contribution in [0.3, 0.4) is 0 Å². The van der Waals surface area contributed by atoms with Gasteiger partial charge in [-0.2, -0.15) is 0 Å². The van der Waals surface area contributed by atoms with Crippen molar-refractivity contribution < 1.29 is 14.7 Å². The molecule has 5 rings (SSSR count). The van der Waals surface area contributed by atoms with Gasteiger partial charge in [0, 0.05) is 5.56 Å². The van der Waals surface area contributed by atoms with Gasteiger partial charge in [0.1, 0.15) is 5.76 Å². The number of hydrogen-bond acceptors (Lipinski definition) is 5. The van der Waals surface area contributed by atoms with Gasteiger partial charge in [0.2, 0.25) is 0 Å². The van der Waals surface area contributed by atoms with Crippen molar-refractivity contribution >= 4 is 44.1 Å². The zero-order valence-corrected chi connectivity index (χ0v) is 20.9. The Hall–Kier alpha value is -3.77. The molecule has 0 bridgehead atoms. The molecular formula is C29H26N2O3S. The third kappa shape index (κ3) is 3.94. The molecule has 1 saturated heterocycles.